The molecule has 0 radical (unpaired) electrons. The molecule has 2 N–H and O–H groups in total. The largest absolute Gasteiger partial charge is 0.390 e. The maximum Gasteiger partial charge on any atom is 0.390 e. The third-order valence-corrected chi connectivity index (χ3v) is 4.61. The molecule has 12 nitrogen and oxygen atoms in total. The predicted octanol–water partition coefficient (Wildman–Crippen LogP) is 1.45. The van der Waals surface area contributed by atoms with Crippen LogP contribution in [0.2, 0.25) is 0 Å². The molecule has 0 fully saturated rings. The number of nitrogens with zero attached hydrogens (tertiary/aromatic N) is 5. The van der Waals surface area contributed by atoms with Gasteiger partial charge in [-0.05, 0) is 39.9 Å². The van der Waals surface area contributed by atoms with Crippen molar-refractivity contribution in [1.82, 2.24) is 30.6 Å². The molecule has 2 amide bonds. The van der Waals surface area contributed by atoms with Crippen LogP contribution in [0.3, 0.4) is 0 Å². The molecule has 1 aromatic carbocycles. The van der Waals surface area contributed by atoms with Gasteiger partial charge in [0.25, 0.3) is 5.91 Å². The number of nitrogens with one attached hydrogen (secondary N) is 2. The molecule has 0 saturated carbocycles. The summed E-state index contributed by atoms with van der Waals surface area (Å²) in [7, 11) is 0. The van der Waals surface area contributed by atoms with Crippen molar-refractivity contribution in [3.05, 3.63) is 67.9 Å². The highest BCUT2D eigenvalue weighted by Crippen LogP contribution is 2.15. The summed E-state index contributed by atoms with van der Waals surface area (Å²) in [6.45, 7) is 2.01. The molecule has 0 unspecified atom stereocenters. The van der Waals surface area contributed by atoms with Crippen molar-refractivity contribution in [1.29, 1.82) is 0 Å². The molecule has 0 aliphatic rings. The first kappa shape index (κ1) is 21.1. The molecular formula is C17H16BrN7O5. The topological polar surface area (TPSA) is 158 Å². The molecule has 3 rings (SSSR count). The number of halogens is 1. The molecule has 2 aromatic heterocycles. The number of aryl methyl sites for hydroxylation is 1. The summed E-state index contributed by atoms with van der Waals surface area (Å²) in [6.07, 6.45) is 0. The minimum absolute atomic E-state index is 0.0124. The first-order valence-electron chi connectivity index (χ1n) is 8.67. The summed E-state index contributed by atoms with van der Waals surface area (Å²) in [5, 5.41) is 23.5. The van der Waals surface area contributed by atoms with Crippen molar-refractivity contribution in [2.24, 2.45) is 0 Å². The van der Waals surface area contributed by atoms with Crippen LogP contribution in [0.25, 0.3) is 0 Å². The van der Waals surface area contributed by atoms with E-state index in [0.29, 0.717) is 15.7 Å². The fraction of sp³-hybridized carbons (Fsp3) is 0.235. The lowest BCUT2D eigenvalue weighted by Gasteiger charge is -2.07. The summed E-state index contributed by atoms with van der Waals surface area (Å²) in [5.74, 6) is -1.30. The van der Waals surface area contributed by atoms with Gasteiger partial charge in [0, 0.05) is 17.6 Å². The van der Waals surface area contributed by atoms with Crippen molar-refractivity contribution < 1.29 is 19.0 Å². The zero-order valence-corrected chi connectivity index (χ0v) is 17.2. The Balaban J connectivity index is 1.49. The van der Waals surface area contributed by atoms with Crippen molar-refractivity contribution in [3.8, 4) is 0 Å². The van der Waals surface area contributed by atoms with Crippen LogP contribution in [0.5, 0.6) is 0 Å². The molecule has 2 heterocycles. The number of hydrogen-bond acceptors (Lipinski definition) is 8. The Labute approximate surface area is 177 Å². The van der Waals surface area contributed by atoms with E-state index in [1.54, 1.807) is 31.2 Å². The Morgan fingerprint density at radius 3 is 2.60 bits per heavy atom. The average molecular weight is 478 g/mol. The lowest BCUT2D eigenvalue weighted by Crippen LogP contribution is -2.35. The van der Waals surface area contributed by atoms with Crippen molar-refractivity contribution >= 4 is 33.6 Å². The summed E-state index contributed by atoms with van der Waals surface area (Å²) >= 11 is 3.30. The second-order valence-corrected chi connectivity index (χ2v) is 6.92. The van der Waals surface area contributed by atoms with Crippen molar-refractivity contribution in [3.63, 3.8) is 0 Å². The normalized spacial score (nSPS) is 10.6. The van der Waals surface area contributed by atoms with E-state index in [1.807, 2.05) is 0 Å². The zero-order valence-electron chi connectivity index (χ0n) is 15.7. The number of carbonyl (C=O) groups excluding carboxylic acids is 2. The molecule has 3 aromatic rings. The number of rotatable bonds is 8. The highest BCUT2D eigenvalue weighted by atomic mass is 79.9. The van der Waals surface area contributed by atoms with Gasteiger partial charge in [0.2, 0.25) is 0 Å². The highest BCUT2D eigenvalue weighted by Gasteiger charge is 2.19. The summed E-state index contributed by atoms with van der Waals surface area (Å²) < 4.78 is 6.92. The third-order valence-electron chi connectivity index (χ3n) is 3.92. The number of hydrogen-bond donors (Lipinski definition) is 2. The van der Waals surface area contributed by atoms with Gasteiger partial charge in [0.15, 0.2) is 5.82 Å². The number of nitro groups is 1. The van der Waals surface area contributed by atoms with Gasteiger partial charge in [-0.15, -0.1) is 0 Å². The predicted molar refractivity (Wildman–Crippen MR) is 106 cm³/mol. The van der Waals surface area contributed by atoms with Gasteiger partial charge < -0.3 is 25.3 Å². The van der Waals surface area contributed by atoms with Crippen LogP contribution in [-0.4, -0.2) is 49.7 Å². The number of carbonyl (C=O) groups is 2. The van der Waals surface area contributed by atoms with Crippen LogP contribution in [0.1, 0.15) is 32.6 Å². The van der Waals surface area contributed by atoms with E-state index in [-0.39, 0.29) is 43.1 Å². The molecule has 30 heavy (non-hydrogen) atoms. The lowest BCUT2D eigenvalue weighted by molar-refractivity contribution is -0.389. The smallest absolute Gasteiger partial charge is 0.358 e. The minimum Gasteiger partial charge on any atom is -0.358 e. The molecule has 0 aliphatic heterocycles. The molecule has 0 spiro atoms. The Morgan fingerprint density at radius 2 is 1.93 bits per heavy atom. The molecular weight excluding hydrogens is 462 g/mol. The Kier molecular flexibility index (Phi) is 6.51. The number of aromatic nitrogens is 4. The van der Waals surface area contributed by atoms with Crippen LogP contribution in [0, 0.1) is 17.0 Å². The SMILES string of the molecule is Cc1cc([N+](=O)[O-])nn1Cc1noc(C(=O)NCCNC(=O)c2ccccc2Br)n1. The average Bonchev–Trinajstić information content (AvgIpc) is 3.33. The van der Waals surface area contributed by atoms with Gasteiger partial charge in [-0.3, -0.25) is 9.59 Å². The third kappa shape index (κ3) is 5.05. The van der Waals surface area contributed by atoms with Gasteiger partial charge in [-0.2, -0.15) is 9.67 Å². The molecule has 156 valence electrons. The maximum absolute atomic E-state index is 12.1. The fourth-order valence-electron chi connectivity index (χ4n) is 2.45. The number of amides is 2. The fourth-order valence-corrected chi connectivity index (χ4v) is 2.92. The summed E-state index contributed by atoms with van der Waals surface area (Å²) in [6, 6.07) is 8.29. The summed E-state index contributed by atoms with van der Waals surface area (Å²) in [5.41, 5.74) is 1.03. The van der Waals surface area contributed by atoms with E-state index < -0.39 is 10.8 Å². The molecule has 0 aliphatic carbocycles. The Bertz CT molecular complexity index is 1090. The second kappa shape index (κ2) is 9.26. The molecule has 0 atom stereocenters. The Morgan fingerprint density at radius 1 is 1.23 bits per heavy atom. The van der Waals surface area contributed by atoms with Crippen molar-refractivity contribution in [2.45, 2.75) is 13.5 Å². The van der Waals surface area contributed by atoms with E-state index in [4.69, 9.17) is 4.52 Å². The van der Waals surface area contributed by atoms with E-state index in [1.165, 1.54) is 10.7 Å². The van der Waals surface area contributed by atoms with Crippen LogP contribution in [0.15, 0.2) is 39.3 Å². The standard InChI is InChI=1S/C17H16BrN7O5/c1-10-8-14(25(28)29)22-24(10)9-13-21-17(30-23-13)16(27)20-7-6-19-15(26)11-4-2-3-5-12(11)18/h2-5,8H,6-7,9H2,1H3,(H,19,26)(H,20,27). The van der Waals surface area contributed by atoms with E-state index in [9.17, 15) is 19.7 Å². The van der Waals surface area contributed by atoms with E-state index in [0.717, 1.165) is 0 Å². The first-order valence-corrected chi connectivity index (χ1v) is 9.47. The maximum atomic E-state index is 12.1. The quantitative estimate of drug-likeness (QED) is 0.280. The van der Waals surface area contributed by atoms with Gasteiger partial charge in [-0.1, -0.05) is 17.3 Å². The minimum atomic E-state index is -0.605. The molecule has 0 saturated heterocycles. The van der Waals surface area contributed by atoms with Crippen LogP contribution >= 0.6 is 15.9 Å². The van der Waals surface area contributed by atoms with Crippen LogP contribution in [-0.2, 0) is 6.54 Å². The molecule has 0 bridgehead atoms. The van der Waals surface area contributed by atoms with Crippen molar-refractivity contribution in [2.75, 3.05) is 13.1 Å². The van der Waals surface area contributed by atoms with Gasteiger partial charge >= 0.3 is 17.6 Å². The van der Waals surface area contributed by atoms with Gasteiger partial charge in [0.1, 0.15) is 6.54 Å². The molecule has 13 heteroatoms. The second-order valence-electron chi connectivity index (χ2n) is 6.07. The van der Waals surface area contributed by atoms with E-state index in [2.05, 4.69) is 41.8 Å². The van der Waals surface area contributed by atoms with Crippen LogP contribution in [0.4, 0.5) is 5.82 Å². The monoisotopic (exact) mass is 477 g/mol. The number of benzene rings is 1. The van der Waals surface area contributed by atoms with E-state index >= 15 is 0 Å². The van der Waals surface area contributed by atoms with Crippen LogP contribution < -0.4 is 10.6 Å². The summed E-state index contributed by atoms with van der Waals surface area (Å²) in [4.78, 5) is 38.3. The lowest BCUT2D eigenvalue weighted by atomic mass is 10.2. The van der Waals surface area contributed by atoms with Gasteiger partial charge in [0.05, 0.1) is 22.4 Å². The Hall–Kier alpha value is -3.61. The first-order chi connectivity index (χ1) is 14.3. The zero-order chi connectivity index (χ0) is 21.7. The highest BCUT2D eigenvalue weighted by molar-refractivity contribution is 9.10. The van der Waals surface area contributed by atoms with Gasteiger partial charge in [-0.25, -0.2) is 0 Å².